The highest BCUT2D eigenvalue weighted by Gasteiger charge is 2.31. The van der Waals surface area contributed by atoms with Crippen molar-refractivity contribution < 1.29 is 23.1 Å². The number of carbonyl (C=O) groups is 1. The first-order chi connectivity index (χ1) is 18.2. The van der Waals surface area contributed by atoms with Crippen LogP contribution in [-0.2, 0) is 32.1 Å². The van der Waals surface area contributed by atoms with Gasteiger partial charge in [0.1, 0.15) is 0 Å². The van der Waals surface area contributed by atoms with E-state index in [1.165, 1.54) is 49.4 Å². The Morgan fingerprint density at radius 1 is 1.03 bits per heavy atom. The maximum Gasteiger partial charge on any atom is 0.416 e. The van der Waals surface area contributed by atoms with Crippen molar-refractivity contribution in [1.82, 2.24) is 9.80 Å². The smallest absolute Gasteiger partial charge is 0.416 e. The van der Waals surface area contributed by atoms with E-state index in [-0.39, 0.29) is 24.2 Å². The van der Waals surface area contributed by atoms with E-state index in [2.05, 4.69) is 24.0 Å². The Kier molecular flexibility index (Phi) is 8.99. The Morgan fingerprint density at radius 3 is 2.42 bits per heavy atom. The van der Waals surface area contributed by atoms with Crippen molar-refractivity contribution in [1.29, 1.82) is 5.26 Å². The molecule has 2 aromatic carbocycles. The topological polar surface area (TPSA) is 67.6 Å². The second-order valence-corrected chi connectivity index (χ2v) is 10.8. The Bertz CT molecular complexity index is 1170. The lowest BCUT2D eigenvalue weighted by molar-refractivity contribution is -0.137. The van der Waals surface area contributed by atoms with Crippen molar-refractivity contribution in [2.45, 2.75) is 83.6 Å². The molecule has 5 nitrogen and oxygen atoms in total. The van der Waals surface area contributed by atoms with Crippen LogP contribution < -0.4 is 0 Å². The minimum absolute atomic E-state index is 0.0624. The van der Waals surface area contributed by atoms with Gasteiger partial charge in [-0.3, -0.25) is 4.90 Å². The van der Waals surface area contributed by atoms with Crippen LogP contribution in [0.25, 0.3) is 0 Å². The van der Waals surface area contributed by atoms with Crippen molar-refractivity contribution in [3.8, 4) is 6.07 Å². The highest BCUT2D eigenvalue weighted by molar-refractivity contribution is 5.65. The zero-order chi connectivity index (χ0) is 27.3. The number of hydrogen-bond acceptors (Lipinski definition) is 3. The molecule has 0 radical (unpaired) electrons. The van der Waals surface area contributed by atoms with Gasteiger partial charge in [-0.25, -0.2) is 4.79 Å². The summed E-state index contributed by atoms with van der Waals surface area (Å²) in [6.07, 6.45) is 3.67. The number of alkyl halides is 3. The molecule has 2 aliphatic carbocycles. The Hall–Kier alpha value is -3.05. The third kappa shape index (κ3) is 7.08. The van der Waals surface area contributed by atoms with Gasteiger partial charge in [0.15, 0.2) is 0 Å². The van der Waals surface area contributed by atoms with Crippen molar-refractivity contribution in [2.75, 3.05) is 13.1 Å². The molecule has 1 unspecified atom stereocenters. The molecule has 0 aromatic heterocycles. The highest BCUT2D eigenvalue weighted by Crippen LogP contribution is 2.32. The zero-order valence-corrected chi connectivity index (χ0v) is 21.9. The number of nitrogens with zero attached hydrogens (tertiary/aromatic N) is 3. The maximum absolute atomic E-state index is 13.3. The Balaban J connectivity index is 1.48. The number of halogens is 3. The summed E-state index contributed by atoms with van der Waals surface area (Å²) in [5.74, 6) is 0.808. The summed E-state index contributed by atoms with van der Waals surface area (Å²) in [6.45, 7) is 4.29. The van der Waals surface area contributed by atoms with Crippen LogP contribution in [0, 0.1) is 17.2 Å². The number of nitriles is 1. The molecule has 2 aliphatic rings. The van der Waals surface area contributed by atoms with Crippen LogP contribution in [0.2, 0.25) is 0 Å². The van der Waals surface area contributed by atoms with Crippen molar-refractivity contribution in [3.05, 3.63) is 69.8 Å². The second-order valence-electron chi connectivity index (χ2n) is 10.8. The predicted octanol–water partition coefficient (Wildman–Crippen LogP) is 7.02. The third-order valence-electron chi connectivity index (χ3n) is 8.07. The Morgan fingerprint density at radius 2 is 1.76 bits per heavy atom. The lowest BCUT2D eigenvalue weighted by Gasteiger charge is -2.32. The van der Waals surface area contributed by atoms with E-state index >= 15 is 0 Å². The number of rotatable bonds is 8. The fraction of sp³-hybridized carbons (Fsp3) is 0.533. The molecule has 1 amide bonds. The first-order valence-electron chi connectivity index (χ1n) is 13.6. The minimum Gasteiger partial charge on any atom is -0.465 e. The van der Waals surface area contributed by atoms with Crippen molar-refractivity contribution >= 4 is 6.09 Å². The van der Waals surface area contributed by atoms with Gasteiger partial charge in [0, 0.05) is 25.7 Å². The molecule has 0 bridgehead atoms. The molecular weight excluding hydrogens is 491 g/mol. The van der Waals surface area contributed by atoms with Crippen LogP contribution >= 0.6 is 0 Å². The Labute approximate surface area is 222 Å². The molecule has 0 heterocycles. The molecule has 38 heavy (non-hydrogen) atoms. The van der Waals surface area contributed by atoms with Gasteiger partial charge in [-0.15, -0.1) is 0 Å². The van der Waals surface area contributed by atoms with Gasteiger partial charge >= 0.3 is 12.3 Å². The zero-order valence-electron chi connectivity index (χ0n) is 21.9. The third-order valence-corrected chi connectivity index (χ3v) is 8.07. The number of fused-ring (bicyclic) bond motifs is 1. The largest absolute Gasteiger partial charge is 0.465 e. The minimum atomic E-state index is -4.62. The summed E-state index contributed by atoms with van der Waals surface area (Å²) in [7, 11) is 0. The van der Waals surface area contributed by atoms with Crippen LogP contribution in [0.3, 0.4) is 0 Å². The molecule has 1 fully saturated rings. The lowest BCUT2D eigenvalue weighted by Crippen LogP contribution is -2.39. The summed E-state index contributed by atoms with van der Waals surface area (Å²) in [5.41, 5.74) is 2.39. The van der Waals surface area contributed by atoms with Gasteiger partial charge in [-0.1, -0.05) is 38.0 Å². The molecule has 1 atom stereocenters. The first-order valence-corrected chi connectivity index (χ1v) is 13.6. The summed E-state index contributed by atoms with van der Waals surface area (Å²) in [6, 6.07) is 11.4. The van der Waals surface area contributed by atoms with E-state index in [0.29, 0.717) is 6.04 Å². The van der Waals surface area contributed by atoms with Gasteiger partial charge in [-0.05, 0) is 91.4 Å². The fourth-order valence-electron chi connectivity index (χ4n) is 6.11. The monoisotopic (exact) mass is 527 g/mol. The van der Waals surface area contributed by atoms with E-state index in [1.807, 2.05) is 6.07 Å². The van der Waals surface area contributed by atoms with E-state index in [0.717, 1.165) is 60.7 Å². The summed E-state index contributed by atoms with van der Waals surface area (Å²) in [5, 5.41) is 19.0. The summed E-state index contributed by atoms with van der Waals surface area (Å²) < 4.78 is 39.8. The van der Waals surface area contributed by atoms with E-state index in [4.69, 9.17) is 5.26 Å². The van der Waals surface area contributed by atoms with E-state index in [9.17, 15) is 23.1 Å². The number of likely N-dealkylation sites (N-methyl/N-ethyl adjacent to an activating group) is 1. The molecule has 8 heteroatoms. The van der Waals surface area contributed by atoms with Gasteiger partial charge in [0.25, 0.3) is 0 Å². The molecule has 1 saturated carbocycles. The average molecular weight is 528 g/mol. The van der Waals surface area contributed by atoms with Gasteiger partial charge in [0.05, 0.1) is 17.2 Å². The highest BCUT2D eigenvalue weighted by atomic mass is 19.4. The average Bonchev–Trinajstić information content (AvgIpc) is 3.31. The molecular formula is C30H36F3N3O2. The SMILES string of the molecule is CCN(CC1CCCC1)C1CCCc2cc(CN(Cc3cc(C#N)cc(C(F)(F)F)c3)C(=O)O)ccc2C1. The number of carboxylic acid groups (broad SMARTS) is 1. The second kappa shape index (κ2) is 12.2. The van der Waals surface area contributed by atoms with Crippen LogP contribution in [0.4, 0.5) is 18.0 Å². The number of amides is 1. The van der Waals surface area contributed by atoms with Gasteiger partial charge in [0.2, 0.25) is 0 Å². The standard InChI is InChI=1S/C30H36F3N3O2/c1-2-35(18-21-6-3-4-7-21)28-9-5-8-25-13-22(10-11-26(25)16-28)19-36(29(37)38)20-24-12-23(17-34)14-27(15-24)30(31,32)33/h10-15,21,28H,2-9,16,18-20H2,1H3,(H,37,38). The van der Waals surface area contributed by atoms with E-state index < -0.39 is 17.8 Å². The fourth-order valence-corrected chi connectivity index (χ4v) is 6.11. The van der Waals surface area contributed by atoms with Crippen LogP contribution in [0.15, 0.2) is 36.4 Å². The summed E-state index contributed by atoms with van der Waals surface area (Å²) >= 11 is 0. The van der Waals surface area contributed by atoms with Crippen LogP contribution in [0.1, 0.15) is 78.8 Å². The molecule has 2 aromatic rings. The molecule has 204 valence electrons. The maximum atomic E-state index is 13.3. The number of aryl methyl sites for hydroxylation is 1. The lowest BCUT2D eigenvalue weighted by atomic mass is 9.97. The van der Waals surface area contributed by atoms with Gasteiger partial charge < -0.3 is 10.0 Å². The molecule has 4 rings (SSSR count). The quantitative estimate of drug-likeness (QED) is 0.375. The first kappa shape index (κ1) is 28.0. The van der Waals surface area contributed by atoms with Crippen molar-refractivity contribution in [2.24, 2.45) is 5.92 Å². The molecule has 1 N–H and O–H groups in total. The van der Waals surface area contributed by atoms with Crippen LogP contribution in [-0.4, -0.2) is 40.1 Å². The molecule has 0 saturated heterocycles. The summed E-state index contributed by atoms with van der Waals surface area (Å²) in [4.78, 5) is 15.8. The van der Waals surface area contributed by atoms with E-state index in [1.54, 1.807) is 6.07 Å². The normalized spacial score (nSPS) is 18.2. The molecule has 0 aliphatic heterocycles. The molecule has 0 spiro atoms. The number of hydrogen-bond donors (Lipinski definition) is 1. The number of benzene rings is 2. The van der Waals surface area contributed by atoms with Gasteiger partial charge in [-0.2, -0.15) is 18.4 Å². The predicted molar refractivity (Wildman–Crippen MR) is 140 cm³/mol. The van der Waals surface area contributed by atoms with Crippen LogP contribution in [0.5, 0.6) is 0 Å². The van der Waals surface area contributed by atoms with Crippen molar-refractivity contribution in [3.63, 3.8) is 0 Å².